The summed E-state index contributed by atoms with van der Waals surface area (Å²) < 4.78 is 29.6. The highest BCUT2D eigenvalue weighted by Gasteiger charge is 2.32. The molecule has 7 heteroatoms. The molecule has 4 rings (SSSR count). The van der Waals surface area contributed by atoms with E-state index in [4.69, 9.17) is 0 Å². The number of carbonyl (C=O) groups is 1. The van der Waals surface area contributed by atoms with Gasteiger partial charge in [-0.3, -0.25) is 0 Å². The molecule has 1 N–H and O–H groups in total. The molecule has 0 saturated carbocycles. The van der Waals surface area contributed by atoms with Crippen LogP contribution in [0.3, 0.4) is 0 Å². The summed E-state index contributed by atoms with van der Waals surface area (Å²) in [6.07, 6.45) is 2.52. The van der Waals surface area contributed by atoms with Crippen molar-refractivity contribution in [3.05, 3.63) is 65.2 Å². The third kappa shape index (κ3) is 4.56. The van der Waals surface area contributed by atoms with Crippen LogP contribution in [0.5, 0.6) is 5.75 Å². The zero-order chi connectivity index (χ0) is 21.1. The van der Waals surface area contributed by atoms with Crippen LogP contribution in [0.25, 0.3) is 0 Å². The quantitative estimate of drug-likeness (QED) is 0.807. The minimum atomic E-state index is -2.84. The average Bonchev–Trinajstić information content (AvgIpc) is 2.74. The van der Waals surface area contributed by atoms with Crippen LogP contribution in [0, 0.1) is 0 Å². The lowest BCUT2D eigenvalue weighted by molar-refractivity contribution is -0.0499. The number of benzene rings is 2. The van der Waals surface area contributed by atoms with Crippen LogP contribution in [0.2, 0.25) is 0 Å². The zero-order valence-corrected chi connectivity index (χ0v) is 17.1. The number of nitrogens with one attached hydrogen (secondary N) is 1. The summed E-state index contributed by atoms with van der Waals surface area (Å²) >= 11 is 0. The molecule has 2 amide bonds. The third-order valence-electron chi connectivity index (χ3n) is 5.98. The Balaban J connectivity index is 1.51. The predicted molar refractivity (Wildman–Crippen MR) is 111 cm³/mol. The topological polar surface area (TPSA) is 44.8 Å². The van der Waals surface area contributed by atoms with Gasteiger partial charge in [0.2, 0.25) is 0 Å². The molecule has 1 aliphatic heterocycles. The first-order valence-electron chi connectivity index (χ1n) is 10.4. The number of hydrogen-bond donors (Lipinski definition) is 1. The average molecular weight is 415 g/mol. The van der Waals surface area contributed by atoms with E-state index in [2.05, 4.69) is 34.1 Å². The van der Waals surface area contributed by atoms with E-state index in [1.165, 1.54) is 0 Å². The Morgan fingerprint density at radius 2 is 1.97 bits per heavy atom. The zero-order valence-electron chi connectivity index (χ0n) is 17.1. The van der Waals surface area contributed by atoms with E-state index in [9.17, 15) is 13.6 Å². The van der Waals surface area contributed by atoms with Crippen molar-refractivity contribution in [2.24, 2.45) is 0 Å². The SMILES string of the molecule is CN1CCN(C(=O)NC2CCCc3cc(OC(F)F)ccc32)C(c2ccccc2)C1. The molecule has 0 spiro atoms. The van der Waals surface area contributed by atoms with Gasteiger partial charge in [0.15, 0.2) is 0 Å². The summed E-state index contributed by atoms with van der Waals surface area (Å²) in [5.41, 5.74) is 3.07. The number of likely N-dealkylation sites (N-methyl/N-ethyl adjacent to an activating group) is 1. The molecule has 1 saturated heterocycles. The predicted octanol–water partition coefficient (Wildman–Crippen LogP) is 4.36. The van der Waals surface area contributed by atoms with Crippen molar-refractivity contribution in [3.8, 4) is 5.75 Å². The molecule has 2 aromatic carbocycles. The molecule has 2 aliphatic rings. The molecule has 1 heterocycles. The lowest BCUT2D eigenvalue weighted by Gasteiger charge is -2.41. The van der Waals surface area contributed by atoms with Crippen molar-refractivity contribution in [2.45, 2.75) is 38.0 Å². The molecular weight excluding hydrogens is 388 g/mol. The maximum atomic E-state index is 13.3. The number of hydrogen-bond acceptors (Lipinski definition) is 3. The van der Waals surface area contributed by atoms with E-state index in [1.54, 1.807) is 18.2 Å². The molecule has 0 aromatic heterocycles. The van der Waals surface area contributed by atoms with Gasteiger partial charge >= 0.3 is 12.6 Å². The van der Waals surface area contributed by atoms with Gasteiger partial charge < -0.3 is 19.9 Å². The molecular formula is C23H27F2N3O2. The third-order valence-corrected chi connectivity index (χ3v) is 5.98. The number of amides is 2. The Labute approximate surface area is 175 Å². The summed E-state index contributed by atoms with van der Waals surface area (Å²) in [6.45, 7) is -0.573. The van der Waals surface area contributed by atoms with Gasteiger partial charge in [-0.25, -0.2) is 4.79 Å². The van der Waals surface area contributed by atoms with Crippen LogP contribution in [0.4, 0.5) is 13.6 Å². The number of rotatable bonds is 4. The second-order valence-corrected chi connectivity index (χ2v) is 8.02. The smallest absolute Gasteiger partial charge is 0.387 e. The van der Waals surface area contributed by atoms with Crippen molar-refractivity contribution < 1.29 is 18.3 Å². The first-order valence-corrected chi connectivity index (χ1v) is 10.4. The molecule has 30 heavy (non-hydrogen) atoms. The lowest BCUT2D eigenvalue weighted by Crippen LogP contribution is -2.53. The van der Waals surface area contributed by atoms with Gasteiger partial charge in [0, 0.05) is 19.6 Å². The van der Waals surface area contributed by atoms with E-state index in [0.29, 0.717) is 6.54 Å². The lowest BCUT2D eigenvalue weighted by atomic mass is 9.87. The molecule has 2 aromatic rings. The molecule has 0 radical (unpaired) electrons. The maximum absolute atomic E-state index is 13.3. The van der Waals surface area contributed by atoms with Crippen LogP contribution < -0.4 is 10.1 Å². The highest BCUT2D eigenvalue weighted by Crippen LogP contribution is 2.33. The Bertz CT molecular complexity index is 878. The maximum Gasteiger partial charge on any atom is 0.387 e. The van der Waals surface area contributed by atoms with Gasteiger partial charge in [-0.1, -0.05) is 36.4 Å². The largest absolute Gasteiger partial charge is 0.435 e. The van der Waals surface area contributed by atoms with E-state index in [-0.39, 0.29) is 23.9 Å². The van der Waals surface area contributed by atoms with Crippen LogP contribution in [0.15, 0.2) is 48.5 Å². The van der Waals surface area contributed by atoms with Crippen molar-refractivity contribution in [3.63, 3.8) is 0 Å². The molecule has 160 valence electrons. The van der Waals surface area contributed by atoms with Crippen LogP contribution in [-0.2, 0) is 6.42 Å². The van der Waals surface area contributed by atoms with Gasteiger partial charge in [0.1, 0.15) is 5.75 Å². The molecule has 2 atom stereocenters. The summed E-state index contributed by atoms with van der Waals surface area (Å²) in [4.78, 5) is 17.4. The number of ether oxygens (including phenoxy) is 1. The number of alkyl halides is 2. The fourth-order valence-corrected chi connectivity index (χ4v) is 4.47. The van der Waals surface area contributed by atoms with E-state index in [0.717, 1.165) is 49.0 Å². The van der Waals surface area contributed by atoms with Crippen LogP contribution in [0.1, 0.15) is 41.6 Å². The number of fused-ring (bicyclic) bond motifs is 1. The van der Waals surface area contributed by atoms with Gasteiger partial charge in [-0.05, 0) is 55.1 Å². The summed E-state index contributed by atoms with van der Waals surface area (Å²) in [5.74, 6) is 0.166. The van der Waals surface area contributed by atoms with Crippen molar-refractivity contribution in [1.82, 2.24) is 15.1 Å². The van der Waals surface area contributed by atoms with Crippen LogP contribution >= 0.6 is 0 Å². The summed E-state index contributed by atoms with van der Waals surface area (Å²) in [5, 5.41) is 3.20. The highest BCUT2D eigenvalue weighted by atomic mass is 19.3. The Kier molecular flexibility index (Phi) is 6.18. The number of urea groups is 1. The Morgan fingerprint density at radius 3 is 2.73 bits per heavy atom. The standard InChI is InChI=1S/C23H27F2N3O2/c1-27-12-13-28(21(15-27)16-6-3-2-4-7-16)23(29)26-20-9-5-8-17-14-18(30-22(24)25)10-11-19(17)20/h2-4,6-7,10-11,14,20-22H,5,8-9,12-13,15H2,1H3,(H,26,29). The van der Waals surface area contributed by atoms with Gasteiger partial charge in [-0.2, -0.15) is 8.78 Å². The van der Waals surface area contributed by atoms with Gasteiger partial charge in [-0.15, -0.1) is 0 Å². The molecule has 0 bridgehead atoms. The number of halogens is 2. The normalized spacial score (nSPS) is 21.9. The molecule has 1 fully saturated rings. The van der Waals surface area contributed by atoms with Gasteiger partial charge in [0.25, 0.3) is 0 Å². The second-order valence-electron chi connectivity index (χ2n) is 8.02. The fraction of sp³-hybridized carbons (Fsp3) is 0.435. The van der Waals surface area contributed by atoms with Crippen molar-refractivity contribution >= 4 is 6.03 Å². The minimum absolute atomic E-state index is 0.00479. The van der Waals surface area contributed by atoms with E-state index >= 15 is 0 Å². The molecule has 1 aliphatic carbocycles. The highest BCUT2D eigenvalue weighted by molar-refractivity contribution is 5.75. The Morgan fingerprint density at radius 1 is 1.17 bits per heavy atom. The minimum Gasteiger partial charge on any atom is -0.435 e. The van der Waals surface area contributed by atoms with E-state index < -0.39 is 6.61 Å². The monoisotopic (exact) mass is 415 g/mol. The van der Waals surface area contributed by atoms with Gasteiger partial charge in [0.05, 0.1) is 12.1 Å². The Hall–Kier alpha value is -2.67. The second kappa shape index (κ2) is 9.00. The number of carbonyl (C=O) groups excluding carboxylic acids is 1. The number of piperazine rings is 1. The summed E-state index contributed by atoms with van der Waals surface area (Å²) in [7, 11) is 2.07. The van der Waals surface area contributed by atoms with Crippen LogP contribution in [-0.4, -0.2) is 49.1 Å². The number of nitrogens with zero attached hydrogens (tertiary/aromatic N) is 2. The van der Waals surface area contributed by atoms with Crippen molar-refractivity contribution in [2.75, 3.05) is 26.7 Å². The van der Waals surface area contributed by atoms with Crippen molar-refractivity contribution in [1.29, 1.82) is 0 Å². The van der Waals surface area contributed by atoms with E-state index in [1.807, 2.05) is 23.1 Å². The number of aryl methyl sites for hydroxylation is 1. The molecule has 2 unspecified atom stereocenters. The summed E-state index contributed by atoms with van der Waals surface area (Å²) in [6, 6.07) is 14.9. The molecule has 5 nitrogen and oxygen atoms in total. The first-order chi connectivity index (χ1) is 14.5. The fourth-order valence-electron chi connectivity index (χ4n) is 4.47. The first kappa shape index (κ1) is 20.6.